The van der Waals surface area contributed by atoms with E-state index in [1.165, 1.54) is 23.5 Å². The summed E-state index contributed by atoms with van der Waals surface area (Å²) in [4.78, 5) is 12.6. The number of phenolic OH excluding ortho intramolecular Hbond substituents is 1. The number of thioether (sulfide) groups is 1. The van der Waals surface area contributed by atoms with Crippen molar-refractivity contribution in [2.75, 3.05) is 12.9 Å². The summed E-state index contributed by atoms with van der Waals surface area (Å²) in [5, 5.41) is 23.8. The van der Waals surface area contributed by atoms with Crippen molar-refractivity contribution in [2.45, 2.75) is 37.8 Å². The van der Waals surface area contributed by atoms with Gasteiger partial charge in [-0.2, -0.15) is 5.10 Å². The molecule has 206 valence electrons. The van der Waals surface area contributed by atoms with Gasteiger partial charge in [-0.1, -0.05) is 75.0 Å². The van der Waals surface area contributed by atoms with Crippen LogP contribution in [0.15, 0.2) is 89.6 Å². The topological polar surface area (TPSA) is 102 Å². The van der Waals surface area contributed by atoms with Gasteiger partial charge in [0.15, 0.2) is 11.0 Å². The number of aromatic hydroxyl groups is 1. The number of amides is 1. The van der Waals surface area contributed by atoms with Gasteiger partial charge in [-0.15, -0.1) is 16.8 Å². The molecule has 8 nitrogen and oxygen atoms in total. The first kappa shape index (κ1) is 28.6. The van der Waals surface area contributed by atoms with E-state index in [-0.39, 0.29) is 22.8 Å². The summed E-state index contributed by atoms with van der Waals surface area (Å²) in [5.74, 6) is 1.27. The van der Waals surface area contributed by atoms with Crippen molar-refractivity contribution in [3.05, 3.63) is 96.1 Å². The maximum absolute atomic E-state index is 12.6. The van der Waals surface area contributed by atoms with Crippen LogP contribution < -0.4 is 10.2 Å². The van der Waals surface area contributed by atoms with Crippen LogP contribution >= 0.6 is 11.8 Å². The second-order valence-electron chi connectivity index (χ2n) is 10.1. The van der Waals surface area contributed by atoms with Crippen LogP contribution in [0.25, 0.3) is 17.1 Å². The number of nitrogens with zero attached hydrogens (tertiary/aromatic N) is 4. The number of rotatable bonds is 10. The first-order chi connectivity index (χ1) is 19.2. The molecule has 1 heterocycles. The number of hydrogen-bond donors (Lipinski definition) is 2. The molecule has 0 saturated heterocycles. The zero-order valence-electron chi connectivity index (χ0n) is 23.1. The largest absolute Gasteiger partial charge is 0.507 e. The van der Waals surface area contributed by atoms with Crippen LogP contribution in [0, 0.1) is 0 Å². The summed E-state index contributed by atoms with van der Waals surface area (Å²) in [6.45, 7) is 10.2. The summed E-state index contributed by atoms with van der Waals surface area (Å²) in [7, 11) is 1.62. The molecule has 0 unspecified atom stereocenters. The number of phenols is 1. The molecule has 9 heteroatoms. The summed E-state index contributed by atoms with van der Waals surface area (Å²) in [6, 6.07) is 21.2. The fourth-order valence-corrected chi connectivity index (χ4v) is 4.75. The van der Waals surface area contributed by atoms with E-state index in [2.05, 4.69) is 60.2 Å². The third kappa shape index (κ3) is 6.79. The molecule has 4 aromatic rings. The van der Waals surface area contributed by atoms with E-state index < -0.39 is 0 Å². The van der Waals surface area contributed by atoms with Gasteiger partial charge < -0.3 is 9.84 Å². The van der Waals surface area contributed by atoms with Gasteiger partial charge in [0.1, 0.15) is 11.5 Å². The van der Waals surface area contributed by atoms with Crippen molar-refractivity contribution >= 4 is 23.9 Å². The van der Waals surface area contributed by atoms with Crippen molar-refractivity contribution in [2.24, 2.45) is 5.10 Å². The predicted molar refractivity (Wildman–Crippen MR) is 161 cm³/mol. The number of benzene rings is 3. The Labute approximate surface area is 238 Å². The van der Waals surface area contributed by atoms with Gasteiger partial charge in [-0.25, -0.2) is 5.43 Å². The number of ether oxygens (including phenoxy) is 1. The first-order valence-corrected chi connectivity index (χ1v) is 13.8. The summed E-state index contributed by atoms with van der Waals surface area (Å²) >= 11 is 1.25. The number of aromatic nitrogens is 3. The summed E-state index contributed by atoms with van der Waals surface area (Å²) in [6.07, 6.45) is 3.67. The number of carbonyl (C=O) groups excluding carboxylic acids is 1. The van der Waals surface area contributed by atoms with Crippen molar-refractivity contribution in [1.82, 2.24) is 20.2 Å². The van der Waals surface area contributed by atoms with Crippen LogP contribution in [0.3, 0.4) is 0 Å². The third-order valence-electron chi connectivity index (χ3n) is 6.21. The highest BCUT2D eigenvalue weighted by Crippen LogP contribution is 2.31. The number of carbonyl (C=O) groups is 1. The Hall–Kier alpha value is -4.37. The van der Waals surface area contributed by atoms with E-state index in [1.54, 1.807) is 19.3 Å². The molecule has 0 spiro atoms. The van der Waals surface area contributed by atoms with Crippen LogP contribution in [0.5, 0.6) is 11.5 Å². The zero-order valence-corrected chi connectivity index (χ0v) is 23.9. The molecule has 1 amide bonds. The quantitative estimate of drug-likeness (QED) is 0.109. The van der Waals surface area contributed by atoms with Crippen LogP contribution in [0.2, 0.25) is 0 Å². The number of para-hydroxylation sites is 1. The molecule has 0 saturated carbocycles. The SMILES string of the molecule is C=CCc1cccc(C=NNC(=O)CSc2nnc(-c3ccc(C(C)(C)C)cc3)n2-c2ccc(OC)cc2)c1O. The van der Waals surface area contributed by atoms with Gasteiger partial charge in [0, 0.05) is 16.8 Å². The lowest BCUT2D eigenvalue weighted by molar-refractivity contribution is -0.118. The third-order valence-corrected chi connectivity index (χ3v) is 7.14. The molecule has 1 aromatic heterocycles. The predicted octanol–water partition coefficient (Wildman–Crippen LogP) is 5.92. The Bertz CT molecular complexity index is 1500. The normalized spacial score (nSPS) is 11.5. The minimum atomic E-state index is -0.316. The Morgan fingerprint density at radius 3 is 2.48 bits per heavy atom. The van der Waals surface area contributed by atoms with Gasteiger partial charge in [-0.05, 0) is 53.3 Å². The second kappa shape index (κ2) is 12.7. The van der Waals surface area contributed by atoms with E-state index in [1.807, 2.05) is 53.1 Å². The van der Waals surface area contributed by atoms with Crippen LogP contribution in [-0.4, -0.2) is 44.9 Å². The lowest BCUT2D eigenvalue weighted by atomic mass is 9.87. The Morgan fingerprint density at radius 1 is 1.10 bits per heavy atom. The van der Waals surface area contributed by atoms with Crippen molar-refractivity contribution in [1.29, 1.82) is 0 Å². The molecule has 0 bridgehead atoms. The molecule has 0 aliphatic carbocycles. The van der Waals surface area contributed by atoms with Crippen molar-refractivity contribution in [3.63, 3.8) is 0 Å². The smallest absolute Gasteiger partial charge is 0.250 e. The van der Waals surface area contributed by atoms with Crippen molar-refractivity contribution < 1.29 is 14.6 Å². The van der Waals surface area contributed by atoms with Crippen LogP contribution in [-0.2, 0) is 16.6 Å². The van der Waals surface area contributed by atoms with E-state index in [4.69, 9.17) is 4.74 Å². The van der Waals surface area contributed by atoms with Gasteiger partial charge in [-0.3, -0.25) is 9.36 Å². The Balaban J connectivity index is 1.53. The lowest BCUT2D eigenvalue weighted by Gasteiger charge is -2.19. The van der Waals surface area contributed by atoms with E-state index in [9.17, 15) is 9.90 Å². The number of nitrogens with one attached hydrogen (secondary N) is 1. The number of hydrazone groups is 1. The van der Waals surface area contributed by atoms with E-state index in [0.717, 1.165) is 22.6 Å². The molecule has 0 aliphatic heterocycles. The molecular formula is C31H33N5O3S. The maximum atomic E-state index is 12.6. The fourth-order valence-electron chi connectivity index (χ4n) is 4.01. The molecule has 0 fully saturated rings. The van der Waals surface area contributed by atoms with Crippen LogP contribution in [0.1, 0.15) is 37.5 Å². The highest BCUT2D eigenvalue weighted by atomic mass is 32.2. The standard InChI is InChI=1S/C31H33N5O3S/c1-6-8-21-9-7-10-23(28(21)38)19-32-33-27(37)20-40-30-35-34-29(22-11-13-24(14-12-22)31(2,3)4)36(30)25-15-17-26(39-5)18-16-25/h6-7,9-19,38H,1,8,20H2,2-5H3,(H,33,37). The molecule has 4 rings (SSSR count). The Morgan fingerprint density at radius 2 is 1.82 bits per heavy atom. The molecule has 3 aromatic carbocycles. The Kier molecular flexibility index (Phi) is 9.06. The van der Waals surface area contributed by atoms with Crippen molar-refractivity contribution in [3.8, 4) is 28.6 Å². The zero-order chi connectivity index (χ0) is 28.7. The van der Waals surface area contributed by atoms with Gasteiger partial charge >= 0.3 is 0 Å². The molecule has 0 radical (unpaired) electrons. The maximum Gasteiger partial charge on any atom is 0.250 e. The molecule has 40 heavy (non-hydrogen) atoms. The average Bonchev–Trinajstić information content (AvgIpc) is 3.37. The number of allylic oxidation sites excluding steroid dienone is 1. The summed E-state index contributed by atoms with van der Waals surface area (Å²) in [5.41, 5.74) is 6.78. The highest BCUT2D eigenvalue weighted by molar-refractivity contribution is 7.99. The van der Waals surface area contributed by atoms with Gasteiger partial charge in [0.2, 0.25) is 0 Å². The first-order valence-electron chi connectivity index (χ1n) is 12.8. The molecular weight excluding hydrogens is 522 g/mol. The number of methoxy groups -OCH3 is 1. The fraction of sp³-hybridized carbons (Fsp3) is 0.226. The molecule has 2 N–H and O–H groups in total. The number of hydrogen-bond acceptors (Lipinski definition) is 7. The monoisotopic (exact) mass is 555 g/mol. The molecule has 0 atom stereocenters. The highest BCUT2D eigenvalue weighted by Gasteiger charge is 2.19. The second-order valence-corrected chi connectivity index (χ2v) is 11.0. The van der Waals surface area contributed by atoms with Crippen LogP contribution in [0.4, 0.5) is 0 Å². The minimum Gasteiger partial charge on any atom is -0.507 e. The van der Waals surface area contributed by atoms with Gasteiger partial charge in [0.05, 0.1) is 19.1 Å². The lowest BCUT2D eigenvalue weighted by Crippen LogP contribution is -2.20. The minimum absolute atomic E-state index is 0.0339. The van der Waals surface area contributed by atoms with E-state index in [0.29, 0.717) is 23.0 Å². The average molecular weight is 556 g/mol. The molecule has 0 aliphatic rings. The van der Waals surface area contributed by atoms with E-state index >= 15 is 0 Å². The van der Waals surface area contributed by atoms with Gasteiger partial charge in [0.25, 0.3) is 5.91 Å². The summed E-state index contributed by atoms with van der Waals surface area (Å²) < 4.78 is 7.25.